The maximum absolute atomic E-state index is 5.89. The van der Waals surface area contributed by atoms with Crippen molar-refractivity contribution >= 4 is 0 Å². The van der Waals surface area contributed by atoms with Crippen LogP contribution in [-0.4, -0.2) is 6.61 Å². The first-order valence-electron chi connectivity index (χ1n) is 7.31. The molecule has 0 heterocycles. The SMILES string of the molecule is C=CCCCCOc1ccccc1CCCCC=C. The molecule has 1 rings (SSSR count). The molecule has 1 aromatic rings. The van der Waals surface area contributed by atoms with Gasteiger partial charge in [-0.05, 0) is 56.6 Å². The number of aryl methyl sites for hydroxylation is 1. The molecule has 1 heteroatoms. The van der Waals surface area contributed by atoms with Gasteiger partial charge in [0.1, 0.15) is 5.75 Å². The Bertz CT molecular complexity index is 368. The summed E-state index contributed by atoms with van der Waals surface area (Å²) in [6.07, 6.45) is 11.9. The summed E-state index contributed by atoms with van der Waals surface area (Å²) < 4.78 is 5.89. The summed E-state index contributed by atoms with van der Waals surface area (Å²) in [4.78, 5) is 0. The van der Waals surface area contributed by atoms with Crippen LogP contribution < -0.4 is 4.74 Å². The van der Waals surface area contributed by atoms with Gasteiger partial charge in [0, 0.05) is 0 Å². The van der Waals surface area contributed by atoms with Gasteiger partial charge in [-0.25, -0.2) is 0 Å². The normalized spacial score (nSPS) is 10.1. The molecule has 0 spiro atoms. The average Bonchev–Trinajstić information content (AvgIpc) is 2.45. The number of rotatable bonds is 11. The minimum Gasteiger partial charge on any atom is -0.493 e. The van der Waals surface area contributed by atoms with Crippen molar-refractivity contribution in [2.45, 2.75) is 44.9 Å². The Morgan fingerprint density at radius 2 is 1.58 bits per heavy atom. The van der Waals surface area contributed by atoms with E-state index in [0.29, 0.717) is 0 Å². The minimum atomic E-state index is 0.803. The van der Waals surface area contributed by atoms with Gasteiger partial charge in [-0.2, -0.15) is 0 Å². The van der Waals surface area contributed by atoms with Crippen molar-refractivity contribution in [2.75, 3.05) is 6.61 Å². The summed E-state index contributed by atoms with van der Waals surface area (Å²) in [7, 11) is 0. The van der Waals surface area contributed by atoms with E-state index in [0.717, 1.165) is 44.5 Å². The van der Waals surface area contributed by atoms with Crippen LogP contribution in [0, 0.1) is 0 Å². The summed E-state index contributed by atoms with van der Waals surface area (Å²) in [6, 6.07) is 8.39. The summed E-state index contributed by atoms with van der Waals surface area (Å²) >= 11 is 0. The predicted molar refractivity (Wildman–Crippen MR) is 83.7 cm³/mol. The lowest BCUT2D eigenvalue weighted by Gasteiger charge is -2.11. The summed E-state index contributed by atoms with van der Waals surface area (Å²) in [6.45, 7) is 8.29. The van der Waals surface area contributed by atoms with Gasteiger partial charge in [0.25, 0.3) is 0 Å². The van der Waals surface area contributed by atoms with Crippen molar-refractivity contribution in [1.82, 2.24) is 0 Å². The van der Waals surface area contributed by atoms with Crippen LogP contribution in [0.4, 0.5) is 0 Å². The third-order valence-electron chi connectivity index (χ3n) is 3.14. The van der Waals surface area contributed by atoms with Crippen LogP contribution >= 0.6 is 0 Å². The maximum atomic E-state index is 5.89. The van der Waals surface area contributed by atoms with E-state index in [-0.39, 0.29) is 0 Å². The molecule has 0 bridgehead atoms. The fourth-order valence-corrected chi connectivity index (χ4v) is 2.03. The highest BCUT2D eigenvalue weighted by atomic mass is 16.5. The van der Waals surface area contributed by atoms with E-state index in [1.807, 2.05) is 18.2 Å². The van der Waals surface area contributed by atoms with Gasteiger partial charge < -0.3 is 4.74 Å². The van der Waals surface area contributed by atoms with Crippen molar-refractivity contribution in [1.29, 1.82) is 0 Å². The second-order valence-corrected chi connectivity index (χ2v) is 4.78. The van der Waals surface area contributed by atoms with Crippen LogP contribution in [0.5, 0.6) is 5.75 Å². The monoisotopic (exact) mass is 258 g/mol. The van der Waals surface area contributed by atoms with E-state index >= 15 is 0 Å². The highest BCUT2D eigenvalue weighted by Gasteiger charge is 2.02. The van der Waals surface area contributed by atoms with Crippen LogP contribution in [0.1, 0.15) is 44.1 Å². The van der Waals surface area contributed by atoms with Crippen molar-refractivity contribution in [2.24, 2.45) is 0 Å². The fourth-order valence-electron chi connectivity index (χ4n) is 2.03. The van der Waals surface area contributed by atoms with E-state index in [1.54, 1.807) is 0 Å². The molecule has 0 N–H and O–H groups in total. The lowest BCUT2D eigenvalue weighted by atomic mass is 10.1. The molecule has 1 aromatic carbocycles. The number of benzene rings is 1. The van der Waals surface area contributed by atoms with E-state index in [4.69, 9.17) is 4.74 Å². The minimum absolute atomic E-state index is 0.803. The smallest absolute Gasteiger partial charge is 0.122 e. The van der Waals surface area contributed by atoms with Gasteiger partial charge in [-0.1, -0.05) is 30.4 Å². The molecule has 0 radical (unpaired) electrons. The molecule has 0 unspecified atom stereocenters. The molecule has 0 fully saturated rings. The van der Waals surface area contributed by atoms with Crippen molar-refractivity contribution in [3.05, 3.63) is 55.1 Å². The molecule has 0 aromatic heterocycles. The number of allylic oxidation sites excluding steroid dienone is 2. The molecule has 19 heavy (non-hydrogen) atoms. The average molecular weight is 258 g/mol. The van der Waals surface area contributed by atoms with Gasteiger partial charge in [0.05, 0.1) is 6.61 Å². The van der Waals surface area contributed by atoms with Gasteiger partial charge in [-0.3, -0.25) is 0 Å². The zero-order valence-corrected chi connectivity index (χ0v) is 11.9. The Kier molecular flexibility index (Phi) is 8.54. The Morgan fingerprint density at radius 1 is 0.895 bits per heavy atom. The summed E-state index contributed by atoms with van der Waals surface area (Å²) in [5.74, 6) is 1.06. The Labute approximate surface area is 118 Å². The molecule has 0 saturated heterocycles. The Morgan fingerprint density at radius 3 is 2.32 bits per heavy atom. The number of hydrogen-bond donors (Lipinski definition) is 0. The first-order chi connectivity index (χ1) is 9.38. The molecular weight excluding hydrogens is 232 g/mol. The van der Waals surface area contributed by atoms with Crippen molar-refractivity contribution in [3.8, 4) is 5.75 Å². The highest BCUT2D eigenvalue weighted by molar-refractivity contribution is 5.33. The van der Waals surface area contributed by atoms with Crippen LogP contribution in [0.3, 0.4) is 0 Å². The lowest BCUT2D eigenvalue weighted by molar-refractivity contribution is 0.304. The second-order valence-electron chi connectivity index (χ2n) is 4.78. The fraction of sp³-hybridized carbons (Fsp3) is 0.444. The Balaban J connectivity index is 2.34. The first-order valence-corrected chi connectivity index (χ1v) is 7.31. The number of unbranched alkanes of at least 4 members (excludes halogenated alkanes) is 4. The van der Waals surface area contributed by atoms with E-state index < -0.39 is 0 Å². The first kappa shape index (κ1) is 15.6. The molecule has 0 aliphatic carbocycles. The molecule has 0 aliphatic rings. The zero-order valence-electron chi connectivity index (χ0n) is 11.9. The highest BCUT2D eigenvalue weighted by Crippen LogP contribution is 2.20. The lowest BCUT2D eigenvalue weighted by Crippen LogP contribution is -2.00. The third kappa shape index (κ3) is 6.85. The topological polar surface area (TPSA) is 9.23 Å². The van der Waals surface area contributed by atoms with Gasteiger partial charge in [0.15, 0.2) is 0 Å². The van der Waals surface area contributed by atoms with Gasteiger partial charge in [-0.15, -0.1) is 13.2 Å². The standard InChI is InChI=1S/C18H26O/c1-3-5-7-9-13-17-14-10-11-15-18(17)19-16-12-8-6-4-2/h3-4,10-11,14-15H,1-2,5-9,12-13,16H2. The zero-order chi connectivity index (χ0) is 13.8. The quantitative estimate of drug-likeness (QED) is 0.385. The van der Waals surface area contributed by atoms with Crippen LogP contribution in [0.15, 0.2) is 49.6 Å². The molecule has 0 amide bonds. The van der Waals surface area contributed by atoms with Crippen molar-refractivity contribution < 1.29 is 4.74 Å². The molecule has 1 nitrogen and oxygen atoms in total. The number of hydrogen-bond acceptors (Lipinski definition) is 1. The molecule has 0 aliphatic heterocycles. The molecule has 0 atom stereocenters. The van der Waals surface area contributed by atoms with E-state index in [9.17, 15) is 0 Å². The summed E-state index contributed by atoms with van der Waals surface area (Å²) in [5.41, 5.74) is 1.33. The summed E-state index contributed by atoms with van der Waals surface area (Å²) in [5, 5.41) is 0. The maximum Gasteiger partial charge on any atom is 0.122 e. The predicted octanol–water partition coefficient (Wildman–Crippen LogP) is 5.32. The molecule has 104 valence electrons. The van der Waals surface area contributed by atoms with Gasteiger partial charge >= 0.3 is 0 Å². The number of ether oxygens (including phenoxy) is 1. The number of para-hydroxylation sites is 1. The Hall–Kier alpha value is -1.50. The third-order valence-corrected chi connectivity index (χ3v) is 3.14. The molecule has 0 saturated carbocycles. The van der Waals surface area contributed by atoms with Crippen molar-refractivity contribution in [3.63, 3.8) is 0 Å². The van der Waals surface area contributed by atoms with E-state index in [1.165, 1.54) is 18.4 Å². The molecular formula is C18H26O. The van der Waals surface area contributed by atoms with Crippen LogP contribution in [-0.2, 0) is 6.42 Å². The second kappa shape index (κ2) is 10.4. The van der Waals surface area contributed by atoms with E-state index in [2.05, 4.69) is 31.4 Å². The van der Waals surface area contributed by atoms with Gasteiger partial charge in [0.2, 0.25) is 0 Å². The van der Waals surface area contributed by atoms with Crippen LogP contribution in [0.25, 0.3) is 0 Å². The van der Waals surface area contributed by atoms with Crippen LogP contribution in [0.2, 0.25) is 0 Å². The largest absolute Gasteiger partial charge is 0.493 e.